The number of hydrogen-bond acceptors (Lipinski definition) is 6. The highest BCUT2D eigenvalue weighted by Gasteiger charge is 2.25. The van der Waals surface area contributed by atoms with Gasteiger partial charge >= 0.3 is 11.9 Å². The van der Waals surface area contributed by atoms with Crippen LogP contribution in [0.2, 0.25) is 0 Å². The molecule has 0 fully saturated rings. The van der Waals surface area contributed by atoms with Gasteiger partial charge in [0.05, 0.1) is 0 Å². The van der Waals surface area contributed by atoms with E-state index in [2.05, 4.69) is 0 Å². The van der Waals surface area contributed by atoms with Crippen LogP contribution in [0, 0.1) is 0 Å². The zero-order chi connectivity index (χ0) is 12.6. The Kier molecular flexibility index (Phi) is 7.49. The number of hydrogen-bond donors (Lipinski definition) is 2. The van der Waals surface area contributed by atoms with Crippen molar-refractivity contribution in [2.45, 2.75) is 38.9 Å². The van der Waals surface area contributed by atoms with Crippen molar-refractivity contribution in [3.05, 3.63) is 0 Å². The Labute approximate surface area is 95.3 Å². The maximum absolute atomic E-state index is 10.9. The second-order valence-corrected chi connectivity index (χ2v) is 3.45. The molecule has 0 heterocycles. The first kappa shape index (κ1) is 14.9. The van der Waals surface area contributed by atoms with Crippen LogP contribution in [0.25, 0.3) is 0 Å². The SMILES string of the molecule is CC(=O)OC(CCN)C(CCN)OC(C)=O. The highest BCUT2D eigenvalue weighted by atomic mass is 16.6. The summed E-state index contributed by atoms with van der Waals surface area (Å²) in [6, 6.07) is 0. The summed E-state index contributed by atoms with van der Waals surface area (Å²) in [5.41, 5.74) is 10.8. The van der Waals surface area contributed by atoms with Gasteiger partial charge < -0.3 is 20.9 Å². The van der Waals surface area contributed by atoms with E-state index in [0.29, 0.717) is 25.9 Å². The van der Waals surface area contributed by atoms with E-state index in [4.69, 9.17) is 20.9 Å². The van der Waals surface area contributed by atoms with E-state index in [1.165, 1.54) is 13.8 Å². The molecule has 4 N–H and O–H groups in total. The first-order chi connectivity index (χ1) is 7.51. The zero-order valence-corrected chi connectivity index (χ0v) is 9.77. The molecule has 0 amide bonds. The second-order valence-electron chi connectivity index (χ2n) is 3.45. The summed E-state index contributed by atoms with van der Waals surface area (Å²) in [6.45, 7) is 3.30. The van der Waals surface area contributed by atoms with Gasteiger partial charge in [0.2, 0.25) is 0 Å². The van der Waals surface area contributed by atoms with Crippen molar-refractivity contribution >= 4 is 11.9 Å². The lowest BCUT2D eigenvalue weighted by atomic mass is 10.1. The van der Waals surface area contributed by atoms with E-state index < -0.39 is 24.1 Å². The van der Waals surface area contributed by atoms with Gasteiger partial charge in [-0.2, -0.15) is 0 Å². The average molecular weight is 232 g/mol. The molecule has 0 aliphatic rings. The van der Waals surface area contributed by atoms with Gasteiger partial charge in [0.1, 0.15) is 12.2 Å². The molecule has 16 heavy (non-hydrogen) atoms. The molecule has 0 aromatic rings. The van der Waals surface area contributed by atoms with E-state index in [1.807, 2.05) is 0 Å². The standard InChI is InChI=1S/C10H20N2O4/c1-7(13)15-9(3-5-11)10(4-6-12)16-8(2)14/h9-10H,3-6,11-12H2,1-2H3. The second kappa shape index (κ2) is 8.06. The summed E-state index contributed by atoms with van der Waals surface area (Å²) in [7, 11) is 0. The largest absolute Gasteiger partial charge is 0.459 e. The van der Waals surface area contributed by atoms with Crippen LogP contribution in [0.4, 0.5) is 0 Å². The molecule has 0 aromatic carbocycles. The zero-order valence-electron chi connectivity index (χ0n) is 9.77. The van der Waals surface area contributed by atoms with Crippen LogP contribution >= 0.6 is 0 Å². The van der Waals surface area contributed by atoms with E-state index in [9.17, 15) is 9.59 Å². The molecule has 0 aliphatic heterocycles. The molecule has 0 spiro atoms. The molecule has 6 heteroatoms. The minimum absolute atomic E-state index is 0.348. The van der Waals surface area contributed by atoms with E-state index in [1.54, 1.807) is 0 Å². The van der Waals surface area contributed by atoms with Gasteiger partial charge in [0, 0.05) is 26.7 Å². The molecule has 94 valence electrons. The molecule has 2 atom stereocenters. The van der Waals surface area contributed by atoms with Gasteiger partial charge in [-0.1, -0.05) is 0 Å². The van der Waals surface area contributed by atoms with Crippen LogP contribution < -0.4 is 11.5 Å². The summed E-state index contributed by atoms with van der Waals surface area (Å²) >= 11 is 0. The van der Waals surface area contributed by atoms with Crippen molar-refractivity contribution < 1.29 is 19.1 Å². The predicted octanol–water partition coefficient (Wildman–Crippen LogP) is -0.453. The van der Waals surface area contributed by atoms with E-state index in [0.717, 1.165) is 0 Å². The monoisotopic (exact) mass is 232 g/mol. The number of ether oxygens (including phenoxy) is 2. The van der Waals surface area contributed by atoms with Crippen molar-refractivity contribution in [1.82, 2.24) is 0 Å². The Morgan fingerprint density at radius 2 is 1.25 bits per heavy atom. The number of carbonyl (C=O) groups is 2. The van der Waals surface area contributed by atoms with E-state index in [-0.39, 0.29) is 0 Å². The Bertz CT molecular complexity index is 209. The Morgan fingerprint density at radius 3 is 1.44 bits per heavy atom. The fourth-order valence-electron chi connectivity index (χ4n) is 1.40. The molecule has 0 aliphatic carbocycles. The lowest BCUT2D eigenvalue weighted by Gasteiger charge is -2.25. The van der Waals surface area contributed by atoms with Crippen LogP contribution in [0.3, 0.4) is 0 Å². The smallest absolute Gasteiger partial charge is 0.303 e. The Hall–Kier alpha value is -1.14. The molecule has 0 saturated carbocycles. The number of rotatable bonds is 7. The topological polar surface area (TPSA) is 105 Å². The van der Waals surface area contributed by atoms with Crippen LogP contribution in [0.15, 0.2) is 0 Å². The van der Waals surface area contributed by atoms with Crippen molar-refractivity contribution in [2.75, 3.05) is 13.1 Å². The summed E-state index contributed by atoms with van der Waals surface area (Å²) in [5.74, 6) is -0.847. The van der Waals surface area contributed by atoms with Gasteiger partial charge in [0.15, 0.2) is 0 Å². The van der Waals surface area contributed by atoms with Gasteiger partial charge in [0.25, 0.3) is 0 Å². The van der Waals surface area contributed by atoms with Crippen LogP contribution in [0.1, 0.15) is 26.7 Å². The Morgan fingerprint density at radius 1 is 0.938 bits per heavy atom. The average Bonchev–Trinajstić information content (AvgIpc) is 2.15. The predicted molar refractivity (Wildman–Crippen MR) is 58.5 cm³/mol. The van der Waals surface area contributed by atoms with E-state index >= 15 is 0 Å². The fourth-order valence-corrected chi connectivity index (χ4v) is 1.40. The summed E-state index contributed by atoms with van der Waals surface area (Å²) in [4.78, 5) is 21.8. The number of esters is 2. The molecular weight excluding hydrogens is 212 g/mol. The van der Waals surface area contributed by atoms with Gasteiger partial charge in [-0.3, -0.25) is 9.59 Å². The first-order valence-corrected chi connectivity index (χ1v) is 5.25. The third-order valence-corrected chi connectivity index (χ3v) is 1.95. The van der Waals surface area contributed by atoms with Gasteiger partial charge in [-0.05, 0) is 13.1 Å². The van der Waals surface area contributed by atoms with Crippen molar-refractivity contribution in [2.24, 2.45) is 11.5 Å². The Balaban J connectivity index is 4.49. The summed E-state index contributed by atoms with van der Waals surface area (Å²) < 4.78 is 10.1. The van der Waals surface area contributed by atoms with Crippen LogP contribution in [0.5, 0.6) is 0 Å². The lowest BCUT2D eigenvalue weighted by molar-refractivity contribution is -0.166. The summed E-state index contributed by atoms with van der Waals surface area (Å²) in [5, 5.41) is 0. The number of nitrogens with two attached hydrogens (primary N) is 2. The van der Waals surface area contributed by atoms with Crippen LogP contribution in [-0.2, 0) is 19.1 Å². The fraction of sp³-hybridized carbons (Fsp3) is 0.800. The summed E-state index contributed by atoms with van der Waals surface area (Å²) in [6.07, 6.45) is -0.153. The van der Waals surface area contributed by atoms with Gasteiger partial charge in [-0.25, -0.2) is 0 Å². The minimum atomic E-state index is -0.519. The highest BCUT2D eigenvalue weighted by molar-refractivity contribution is 5.67. The van der Waals surface area contributed by atoms with Crippen molar-refractivity contribution in [1.29, 1.82) is 0 Å². The molecule has 0 saturated heterocycles. The highest BCUT2D eigenvalue weighted by Crippen LogP contribution is 2.12. The third kappa shape index (κ3) is 6.36. The molecule has 0 aromatic heterocycles. The minimum Gasteiger partial charge on any atom is -0.459 e. The van der Waals surface area contributed by atoms with Crippen LogP contribution in [-0.4, -0.2) is 37.2 Å². The molecule has 0 radical (unpaired) electrons. The van der Waals surface area contributed by atoms with Crippen molar-refractivity contribution in [3.63, 3.8) is 0 Å². The van der Waals surface area contributed by atoms with Gasteiger partial charge in [-0.15, -0.1) is 0 Å². The molecular formula is C10H20N2O4. The molecule has 6 nitrogen and oxygen atoms in total. The normalized spacial score (nSPS) is 14.0. The number of carbonyl (C=O) groups excluding carboxylic acids is 2. The molecule has 0 rings (SSSR count). The van der Waals surface area contributed by atoms with Crippen molar-refractivity contribution in [3.8, 4) is 0 Å². The molecule has 0 bridgehead atoms. The quantitative estimate of drug-likeness (QED) is 0.576. The molecule has 2 unspecified atom stereocenters. The third-order valence-electron chi connectivity index (χ3n) is 1.95. The lowest BCUT2D eigenvalue weighted by Crippen LogP contribution is -2.37. The maximum atomic E-state index is 10.9. The maximum Gasteiger partial charge on any atom is 0.303 e. The first-order valence-electron chi connectivity index (χ1n) is 5.25.